The molecule has 1 aromatic carbocycles. The molecule has 2 aliphatic rings. The molecule has 0 bridgehead atoms. The predicted molar refractivity (Wildman–Crippen MR) is 77.2 cm³/mol. The summed E-state index contributed by atoms with van der Waals surface area (Å²) in [5, 5.41) is 9.23. The lowest BCUT2D eigenvalue weighted by molar-refractivity contribution is -0.119. The number of hydrogen-bond donors (Lipinski definition) is 2. The number of aryl methyl sites for hydroxylation is 1. The summed E-state index contributed by atoms with van der Waals surface area (Å²) in [5.74, 6) is -0.487. The Balaban J connectivity index is 1.58. The molecule has 1 saturated carbocycles. The van der Waals surface area contributed by atoms with E-state index in [0.29, 0.717) is 25.9 Å². The maximum absolute atomic E-state index is 11.7. The summed E-state index contributed by atoms with van der Waals surface area (Å²) in [6.45, 7) is 0.386. The van der Waals surface area contributed by atoms with E-state index in [4.69, 9.17) is 4.65 Å². The Morgan fingerprint density at radius 3 is 2.90 bits per heavy atom. The molecule has 112 valence electrons. The molecule has 0 unspecified atom stereocenters. The standard InChI is InChI=1S/C13H16BNO5S/c16-13(15-21(18,19)11-4-5-11)6-2-9-1-3-10-8-20-14(17)12(10)7-9/h1,3,7,11,17H,2,4-6,8H2,(H,15,16). The van der Waals surface area contributed by atoms with Gasteiger partial charge in [0.25, 0.3) is 0 Å². The average Bonchev–Trinajstić information content (AvgIpc) is 3.23. The smallest absolute Gasteiger partial charge is 0.423 e. The first-order chi connectivity index (χ1) is 9.95. The lowest BCUT2D eigenvalue weighted by atomic mass is 9.78. The number of nitrogens with one attached hydrogen (secondary N) is 1. The van der Waals surface area contributed by atoms with E-state index in [1.54, 1.807) is 6.07 Å². The number of carbonyl (C=O) groups excluding carboxylic acids is 1. The molecular weight excluding hydrogens is 293 g/mol. The van der Waals surface area contributed by atoms with Gasteiger partial charge in [0, 0.05) is 6.42 Å². The summed E-state index contributed by atoms with van der Waals surface area (Å²) in [7, 11) is -4.38. The van der Waals surface area contributed by atoms with Crippen LogP contribution in [0.3, 0.4) is 0 Å². The van der Waals surface area contributed by atoms with E-state index in [-0.39, 0.29) is 6.42 Å². The van der Waals surface area contributed by atoms with Crippen molar-refractivity contribution in [2.45, 2.75) is 37.5 Å². The van der Waals surface area contributed by atoms with Crippen molar-refractivity contribution in [3.8, 4) is 0 Å². The molecule has 0 atom stereocenters. The van der Waals surface area contributed by atoms with Crippen LogP contribution in [0, 0.1) is 0 Å². The van der Waals surface area contributed by atoms with Crippen LogP contribution < -0.4 is 10.2 Å². The lowest BCUT2D eigenvalue weighted by Gasteiger charge is -2.07. The van der Waals surface area contributed by atoms with Gasteiger partial charge in [-0.3, -0.25) is 9.52 Å². The number of amides is 1. The van der Waals surface area contributed by atoms with Crippen molar-refractivity contribution in [2.24, 2.45) is 0 Å². The van der Waals surface area contributed by atoms with Crippen molar-refractivity contribution in [1.29, 1.82) is 0 Å². The highest BCUT2D eigenvalue weighted by Gasteiger charge is 2.36. The Labute approximate surface area is 123 Å². The summed E-state index contributed by atoms with van der Waals surface area (Å²) in [6.07, 6.45) is 1.78. The first-order valence-corrected chi connectivity index (χ1v) is 8.46. The zero-order valence-electron chi connectivity index (χ0n) is 11.4. The Morgan fingerprint density at radius 1 is 1.43 bits per heavy atom. The van der Waals surface area contributed by atoms with E-state index in [1.807, 2.05) is 12.1 Å². The number of rotatable bonds is 5. The highest BCUT2D eigenvalue weighted by Crippen LogP contribution is 2.27. The van der Waals surface area contributed by atoms with Gasteiger partial charge in [-0.25, -0.2) is 8.42 Å². The van der Waals surface area contributed by atoms with Crippen molar-refractivity contribution >= 4 is 28.5 Å². The molecule has 21 heavy (non-hydrogen) atoms. The molecule has 0 saturated heterocycles. The minimum Gasteiger partial charge on any atom is -0.423 e. The second-order valence-electron chi connectivity index (χ2n) is 5.47. The van der Waals surface area contributed by atoms with Crippen LogP contribution in [0.4, 0.5) is 0 Å². The summed E-state index contributed by atoms with van der Waals surface area (Å²) in [6, 6.07) is 5.53. The summed E-state index contributed by atoms with van der Waals surface area (Å²) < 4.78 is 30.5. The van der Waals surface area contributed by atoms with E-state index in [0.717, 1.165) is 16.6 Å². The topological polar surface area (TPSA) is 92.7 Å². The molecule has 1 aromatic rings. The highest BCUT2D eigenvalue weighted by atomic mass is 32.2. The van der Waals surface area contributed by atoms with Crippen LogP contribution >= 0.6 is 0 Å². The second-order valence-corrected chi connectivity index (χ2v) is 7.43. The minimum absolute atomic E-state index is 0.0989. The molecule has 6 nitrogen and oxygen atoms in total. The van der Waals surface area contributed by atoms with Crippen LogP contribution in [0.5, 0.6) is 0 Å². The quantitative estimate of drug-likeness (QED) is 0.712. The van der Waals surface area contributed by atoms with Gasteiger partial charge in [0.05, 0.1) is 11.9 Å². The molecule has 0 aromatic heterocycles. The van der Waals surface area contributed by atoms with E-state index in [9.17, 15) is 18.2 Å². The van der Waals surface area contributed by atoms with Crippen LogP contribution in [0.25, 0.3) is 0 Å². The van der Waals surface area contributed by atoms with Gasteiger partial charge in [-0.15, -0.1) is 0 Å². The van der Waals surface area contributed by atoms with E-state index < -0.39 is 28.3 Å². The first kappa shape index (κ1) is 14.6. The molecule has 1 heterocycles. The van der Waals surface area contributed by atoms with Crippen molar-refractivity contribution in [1.82, 2.24) is 4.72 Å². The normalized spacial score (nSPS) is 17.7. The van der Waals surface area contributed by atoms with Crippen molar-refractivity contribution in [3.63, 3.8) is 0 Å². The molecule has 2 N–H and O–H groups in total. The fraction of sp³-hybridized carbons (Fsp3) is 0.462. The molecule has 1 fully saturated rings. The Kier molecular flexibility index (Phi) is 3.77. The van der Waals surface area contributed by atoms with Gasteiger partial charge in [0.1, 0.15) is 0 Å². The van der Waals surface area contributed by atoms with Gasteiger partial charge >= 0.3 is 7.12 Å². The van der Waals surface area contributed by atoms with Crippen LogP contribution in [-0.4, -0.2) is 31.7 Å². The number of benzene rings is 1. The van der Waals surface area contributed by atoms with Crippen molar-refractivity contribution in [3.05, 3.63) is 29.3 Å². The third-order valence-corrected chi connectivity index (χ3v) is 5.59. The van der Waals surface area contributed by atoms with Crippen LogP contribution in [-0.2, 0) is 32.5 Å². The largest absolute Gasteiger partial charge is 0.491 e. The fourth-order valence-corrected chi connectivity index (χ4v) is 3.69. The van der Waals surface area contributed by atoms with Gasteiger partial charge in [-0.1, -0.05) is 18.2 Å². The Bertz CT molecular complexity index is 671. The zero-order valence-corrected chi connectivity index (χ0v) is 12.2. The van der Waals surface area contributed by atoms with Gasteiger partial charge in [-0.05, 0) is 35.9 Å². The van der Waals surface area contributed by atoms with Crippen LogP contribution in [0.2, 0.25) is 0 Å². The monoisotopic (exact) mass is 309 g/mol. The molecular formula is C13H16BNO5S. The van der Waals surface area contributed by atoms with Gasteiger partial charge in [0.2, 0.25) is 15.9 Å². The van der Waals surface area contributed by atoms with Crippen LogP contribution in [0.1, 0.15) is 30.4 Å². The minimum atomic E-state index is -3.47. The molecule has 3 rings (SSSR count). The van der Waals surface area contributed by atoms with Gasteiger partial charge < -0.3 is 9.68 Å². The van der Waals surface area contributed by atoms with E-state index in [2.05, 4.69) is 4.72 Å². The molecule has 0 spiro atoms. The molecule has 1 aliphatic heterocycles. The lowest BCUT2D eigenvalue weighted by Crippen LogP contribution is -2.33. The number of hydrogen-bond acceptors (Lipinski definition) is 5. The maximum atomic E-state index is 11.7. The number of carbonyl (C=O) groups is 1. The fourth-order valence-electron chi connectivity index (χ4n) is 2.35. The van der Waals surface area contributed by atoms with E-state index in [1.165, 1.54) is 0 Å². The van der Waals surface area contributed by atoms with Crippen molar-refractivity contribution in [2.75, 3.05) is 0 Å². The first-order valence-electron chi connectivity index (χ1n) is 6.91. The van der Waals surface area contributed by atoms with Gasteiger partial charge in [0.15, 0.2) is 0 Å². The molecule has 1 aliphatic carbocycles. The summed E-state index contributed by atoms with van der Waals surface area (Å²) in [4.78, 5) is 11.7. The molecule has 8 heteroatoms. The Hall–Kier alpha value is -1.38. The van der Waals surface area contributed by atoms with Crippen LogP contribution in [0.15, 0.2) is 18.2 Å². The molecule has 0 radical (unpaired) electrons. The SMILES string of the molecule is O=C(CCc1ccc2c(c1)B(O)OC2)NS(=O)(=O)C1CC1. The van der Waals surface area contributed by atoms with Gasteiger partial charge in [-0.2, -0.15) is 0 Å². The van der Waals surface area contributed by atoms with E-state index >= 15 is 0 Å². The third kappa shape index (κ3) is 3.28. The highest BCUT2D eigenvalue weighted by molar-refractivity contribution is 7.90. The number of fused-ring (bicyclic) bond motifs is 1. The zero-order chi connectivity index (χ0) is 15.0. The second kappa shape index (κ2) is 5.44. The third-order valence-electron chi connectivity index (χ3n) is 3.73. The molecule has 1 amide bonds. The predicted octanol–water partition coefficient (Wildman–Crippen LogP) is -0.555. The summed E-state index contributed by atoms with van der Waals surface area (Å²) >= 11 is 0. The van der Waals surface area contributed by atoms with Crippen molar-refractivity contribution < 1.29 is 22.9 Å². The maximum Gasteiger partial charge on any atom is 0.491 e. The number of sulfonamides is 1. The average molecular weight is 309 g/mol. The summed E-state index contributed by atoms with van der Waals surface area (Å²) in [5.41, 5.74) is 2.53. The Morgan fingerprint density at radius 2 is 2.19 bits per heavy atom.